The molecule has 1 aromatic rings. The standard InChI is InChI=1S/C16H24N2O2S/c1-17(2)10-14-9-15(20)11-18(14)12-16-13(6-8-21-16)5-3-4-7-19/h6,8,14-15,19-20H,4,7,9-12H2,1-2H3. The molecule has 0 amide bonds. The van der Waals surface area contributed by atoms with Crippen molar-refractivity contribution in [1.82, 2.24) is 9.80 Å². The fourth-order valence-electron chi connectivity index (χ4n) is 2.74. The Morgan fingerprint density at radius 3 is 3.00 bits per heavy atom. The summed E-state index contributed by atoms with van der Waals surface area (Å²) in [4.78, 5) is 5.78. The van der Waals surface area contributed by atoms with Gasteiger partial charge in [0, 0.05) is 42.5 Å². The van der Waals surface area contributed by atoms with Gasteiger partial charge in [0.2, 0.25) is 0 Å². The van der Waals surface area contributed by atoms with Gasteiger partial charge in [0.25, 0.3) is 0 Å². The molecule has 4 nitrogen and oxygen atoms in total. The molecule has 2 heterocycles. The lowest BCUT2D eigenvalue weighted by molar-refractivity contribution is 0.170. The summed E-state index contributed by atoms with van der Waals surface area (Å²) in [7, 11) is 4.14. The molecular weight excluding hydrogens is 284 g/mol. The van der Waals surface area contributed by atoms with E-state index >= 15 is 0 Å². The minimum Gasteiger partial charge on any atom is -0.395 e. The predicted octanol–water partition coefficient (Wildman–Crippen LogP) is 0.979. The molecule has 1 aromatic heterocycles. The Morgan fingerprint density at radius 2 is 2.29 bits per heavy atom. The van der Waals surface area contributed by atoms with Gasteiger partial charge in [-0.3, -0.25) is 4.90 Å². The SMILES string of the molecule is CN(C)CC1CC(O)CN1Cc1sccc1C#CCCO. The molecule has 21 heavy (non-hydrogen) atoms. The van der Waals surface area contributed by atoms with Crippen molar-refractivity contribution in [3.8, 4) is 11.8 Å². The molecule has 2 rings (SSSR count). The molecule has 0 bridgehead atoms. The number of aliphatic hydroxyl groups is 2. The maximum Gasteiger partial charge on any atom is 0.0682 e. The average Bonchev–Trinajstić information content (AvgIpc) is 2.97. The minimum atomic E-state index is -0.223. The molecule has 0 aromatic carbocycles. The third kappa shape index (κ3) is 4.80. The van der Waals surface area contributed by atoms with E-state index in [4.69, 9.17) is 5.11 Å². The van der Waals surface area contributed by atoms with E-state index < -0.39 is 0 Å². The quantitative estimate of drug-likeness (QED) is 0.796. The van der Waals surface area contributed by atoms with Crippen molar-refractivity contribution in [3.63, 3.8) is 0 Å². The van der Waals surface area contributed by atoms with Crippen molar-refractivity contribution in [2.24, 2.45) is 0 Å². The molecule has 116 valence electrons. The normalized spacial score (nSPS) is 22.5. The van der Waals surface area contributed by atoms with Gasteiger partial charge in [-0.25, -0.2) is 0 Å². The van der Waals surface area contributed by atoms with Crippen molar-refractivity contribution in [2.75, 3.05) is 33.8 Å². The van der Waals surface area contributed by atoms with Gasteiger partial charge in [0.15, 0.2) is 0 Å². The predicted molar refractivity (Wildman–Crippen MR) is 86.3 cm³/mol. The van der Waals surface area contributed by atoms with Gasteiger partial charge >= 0.3 is 0 Å². The zero-order valence-electron chi connectivity index (χ0n) is 12.7. The van der Waals surface area contributed by atoms with Crippen LogP contribution in [-0.2, 0) is 6.54 Å². The first kappa shape index (κ1) is 16.5. The van der Waals surface area contributed by atoms with Crippen molar-refractivity contribution < 1.29 is 10.2 Å². The van der Waals surface area contributed by atoms with Crippen LogP contribution in [0, 0.1) is 11.8 Å². The summed E-state index contributed by atoms with van der Waals surface area (Å²) in [6.07, 6.45) is 1.13. The van der Waals surface area contributed by atoms with Crippen molar-refractivity contribution >= 4 is 11.3 Å². The summed E-state index contributed by atoms with van der Waals surface area (Å²) in [5.41, 5.74) is 1.05. The number of hydrogen-bond acceptors (Lipinski definition) is 5. The largest absolute Gasteiger partial charge is 0.395 e. The van der Waals surface area contributed by atoms with E-state index in [0.29, 0.717) is 12.5 Å². The molecule has 0 radical (unpaired) electrons. The Morgan fingerprint density at radius 1 is 1.48 bits per heavy atom. The van der Waals surface area contributed by atoms with Gasteiger partial charge in [0.1, 0.15) is 0 Å². The lowest BCUT2D eigenvalue weighted by Crippen LogP contribution is -2.37. The highest BCUT2D eigenvalue weighted by atomic mass is 32.1. The number of β-amino-alcohol motifs (C(OH)–C–C–N with tert-alkyl or cyclic N) is 1. The van der Waals surface area contributed by atoms with Crippen LogP contribution in [0.1, 0.15) is 23.3 Å². The number of nitrogens with zero attached hydrogens (tertiary/aromatic N) is 2. The third-order valence-corrected chi connectivity index (χ3v) is 4.54. The van der Waals surface area contributed by atoms with E-state index in [2.05, 4.69) is 41.1 Å². The molecule has 0 aliphatic carbocycles. The second kappa shape index (κ2) is 7.92. The topological polar surface area (TPSA) is 46.9 Å². The van der Waals surface area contributed by atoms with Gasteiger partial charge in [-0.1, -0.05) is 11.8 Å². The fourth-order valence-corrected chi connectivity index (χ4v) is 3.59. The molecule has 2 unspecified atom stereocenters. The average molecular weight is 308 g/mol. The highest BCUT2D eigenvalue weighted by molar-refractivity contribution is 7.10. The molecule has 5 heteroatoms. The monoisotopic (exact) mass is 308 g/mol. The second-order valence-corrected chi connectivity index (χ2v) is 6.77. The number of thiophene rings is 1. The van der Waals surface area contributed by atoms with Gasteiger partial charge < -0.3 is 15.1 Å². The summed E-state index contributed by atoms with van der Waals surface area (Å²) in [5.74, 6) is 6.12. The molecule has 2 atom stereocenters. The maximum absolute atomic E-state index is 9.94. The Balaban J connectivity index is 2.03. The smallest absolute Gasteiger partial charge is 0.0682 e. The van der Waals surface area contributed by atoms with E-state index in [1.54, 1.807) is 11.3 Å². The molecule has 2 N–H and O–H groups in total. The number of likely N-dealkylation sites (N-methyl/N-ethyl adjacent to an activating group) is 1. The first-order chi connectivity index (χ1) is 10.1. The van der Waals surface area contributed by atoms with Gasteiger partial charge in [-0.05, 0) is 32.0 Å². The van der Waals surface area contributed by atoms with Crippen LogP contribution in [0.25, 0.3) is 0 Å². The van der Waals surface area contributed by atoms with Crippen LogP contribution in [0.2, 0.25) is 0 Å². The van der Waals surface area contributed by atoms with Crippen LogP contribution >= 0.6 is 11.3 Å². The van der Waals surface area contributed by atoms with Gasteiger partial charge in [-0.15, -0.1) is 11.3 Å². The Hall–Kier alpha value is -0.900. The van der Waals surface area contributed by atoms with Crippen LogP contribution in [0.3, 0.4) is 0 Å². The van der Waals surface area contributed by atoms with Crippen LogP contribution < -0.4 is 0 Å². The summed E-state index contributed by atoms with van der Waals surface area (Å²) < 4.78 is 0. The van der Waals surface area contributed by atoms with E-state index in [-0.39, 0.29) is 12.7 Å². The minimum absolute atomic E-state index is 0.107. The second-order valence-electron chi connectivity index (χ2n) is 5.77. The summed E-state index contributed by atoms with van der Waals surface area (Å²) in [5, 5.41) is 20.8. The van der Waals surface area contributed by atoms with Crippen LogP contribution in [0.5, 0.6) is 0 Å². The van der Waals surface area contributed by atoms with E-state index in [1.165, 1.54) is 4.88 Å². The fraction of sp³-hybridized carbons (Fsp3) is 0.625. The van der Waals surface area contributed by atoms with Crippen LogP contribution in [0.15, 0.2) is 11.4 Å². The lowest BCUT2D eigenvalue weighted by Gasteiger charge is -2.26. The molecule has 1 saturated heterocycles. The molecule has 0 saturated carbocycles. The summed E-state index contributed by atoms with van der Waals surface area (Å²) >= 11 is 1.71. The zero-order valence-corrected chi connectivity index (χ0v) is 13.6. The van der Waals surface area contributed by atoms with Crippen LogP contribution in [-0.4, -0.2) is 66.0 Å². The van der Waals surface area contributed by atoms with E-state index in [9.17, 15) is 5.11 Å². The van der Waals surface area contributed by atoms with Crippen LogP contribution in [0.4, 0.5) is 0 Å². The zero-order chi connectivity index (χ0) is 15.2. The molecule has 1 fully saturated rings. The Labute approximate surface area is 131 Å². The molecule has 0 spiro atoms. The first-order valence-corrected chi connectivity index (χ1v) is 8.21. The molecular formula is C16H24N2O2S. The highest BCUT2D eigenvalue weighted by Crippen LogP contribution is 2.25. The van der Waals surface area contributed by atoms with Crippen molar-refractivity contribution in [2.45, 2.75) is 31.5 Å². The van der Waals surface area contributed by atoms with Gasteiger partial charge in [-0.2, -0.15) is 0 Å². The van der Waals surface area contributed by atoms with Crippen molar-refractivity contribution in [1.29, 1.82) is 0 Å². The lowest BCUT2D eigenvalue weighted by atomic mass is 10.2. The number of likely N-dealkylation sites (tertiary alicyclic amines) is 1. The highest BCUT2D eigenvalue weighted by Gasteiger charge is 2.31. The molecule has 1 aliphatic heterocycles. The number of aliphatic hydroxyl groups excluding tert-OH is 2. The maximum atomic E-state index is 9.94. The number of rotatable bonds is 5. The van der Waals surface area contributed by atoms with Crippen molar-refractivity contribution in [3.05, 3.63) is 21.9 Å². The summed E-state index contributed by atoms with van der Waals surface area (Å²) in [6.45, 7) is 2.65. The number of hydrogen-bond donors (Lipinski definition) is 2. The first-order valence-electron chi connectivity index (χ1n) is 7.33. The van der Waals surface area contributed by atoms with E-state index in [1.807, 2.05) is 6.07 Å². The Kier molecular flexibility index (Phi) is 6.22. The molecule has 1 aliphatic rings. The summed E-state index contributed by atoms with van der Waals surface area (Å²) in [6, 6.07) is 2.44. The third-order valence-electron chi connectivity index (χ3n) is 3.63. The van der Waals surface area contributed by atoms with E-state index in [0.717, 1.165) is 31.6 Å². The Bertz CT molecular complexity index is 504. The van der Waals surface area contributed by atoms with Gasteiger partial charge in [0.05, 0.1) is 12.7 Å².